The maximum atomic E-state index is 12.4. The number of hydrogen-bond donors (Lipinski definition) is 2. The van der Waals surface area contributed by atoms with E-state index in [0.29, 0.717) is 20.7 Å². The van der Waals surface area contributed by atoms with Crippen molar-refractivity contribution in [1.82, 2.24) is 10.4 Å². The van der Waals surface area contributed by atoms with Gasteiger partial charge in [-0.2, -0.15) is 0 Å². The third-order valence-electron chi connectivity index (χ3n) is 4.84. The van der Waals surface area contributed by atoms with Crippen LogP contribution in [-0.2, 0) is 19.1 Å². The number of carbonyl (C=O) groups is 4. The monoisotopic (exact) mass is 575 g/mol. The fraction of sp³-hybridized carbons (Fsp3) is 0.238. The summed E-state index contributed by atoms with van der Waals surface area (Å²) in [6, 6.07) is 7.62. The smallest absolute Gasteiger partial charge is 0.311 e. The van der Waals surface area contributed by atoms with Crippen LogP contribution in [0.3, 0.4) is 0 Å². The van der Waals surface area contributed by atoms with Crippen LogP contribution in [0.25, 0.3) is 0 Å². The number of hydrazine groups is 1. The predicted molar refractivity (Wildman–Crippen MR) is 127 cm³/mol. The van der Waals surface area contributed by atoms with Gasteiger partial charge in [0.1, 0.15) is 0 Å². The van der Waals surface area contributed by atoms with Gasteiger partial charge in [0.25, 0.3) is 11.8 Å². The minimum Gasteiger partial charge on any atom is -0.455 e. The topological polar surface area (TPSA) is 105 Å². The van der Waals surface area contributed by atoms with Crippen LogP contribution in [0.2, 0.25) is 15.1 Å². The Bertz CT molecular complexity index is 1140. The second-order valence-electron chi connectivity index (χ2n) is 7.17. The number of rotatable bonds is 6. The number of halogens is 4. The summed E-state index contributed by atoms with van der Waals surface area (Å²) in [5, 5.41) is 4.59. The number of esters is 1. The standard InChI is InChI=1S/C21H17BrCl3N3O5/c1-10-16(5-3-13(22)19(10)25)26-17(29)9-33-21(32)12-7-18(30)28(8-12)27-20(31)11-2-4-14(23)15(24)6-11/h2-6,12H,7-9H2,1H3,(H,26,29)(H,27,31)/t12-/m1/s1. The Hall–Kier alpha value is -2.33. The molecular weight excluding hydrogens is 561 g/mol. The Morgan fingerprint density at radius 2 is 1.88 bits per heavy atom. The third kappa shape index (κ3) is 6.17. The molecule has 0 radical (unpaired) electrons. The molecule has 0 bridgehead atoms. The summed E-state index contributed by atoms with van der Waals surface area (Å²) in [5.74, 6) is -3.16. The normalized spacial score (nSPS) is 15.4. The van der Waals surface area contributed by atoms with E-state index in [1.54, 1.807) is 19.1 Å². The summed E-state index contributed by atoms with van der Waals surface area (Å²) in [5.41, 5.74) is 3.76. The van der Waals surface area contributed by atoms with Crippen molar-refractivity contribution in [2.45, 2.75) is 13.3 Å². The van der Waals surface area contributed by atoms with E-state index in [2.05, 4.69) is 26.7 Å². The Morgan fingerprint density at radius 1 is 1.15 bits per heavy atom. The molecule has 1 aliphatic heterocycles. The molecule has 8 nitrogen and oxygen atoms in total. The van der Waals surface area contributed by atoms with Crippen LogP contribution in [0.1, 0.15) is 22.3 Å². The number of amides is 3. The van der Waals surface area contributed by atoms with Crippen molar-refractivity contribution in [3.8, 4) is 0 Å². The zero-order valence-electron chi connectivity index (χ0n) is 17.1. The second kappa shape index (κ2) is 10.7. The highest BCUT2D eigenvalue weighted by molar-refractivity contribution is 9.10. The number of nitrogens with one attached hydrogen (secondary N) is 2. The first kappa shape index (κ1) is 25.3. The molecule has 1 aliphatic rings. The minimum atomic E-state index is -0.830. The fourth-order valence-corrected chi connectivity index (χ4v) is 3.92. The van der Waals surface area contributed by atoms with Crippen LogP contribution >= 0.6 is 50.7 Å². The molecule has 1 atom stereocenters. The summed E-state index contributed by atoms with van der Waals surface area (Å²) in [6.07, 6.45) is -0.163. The Balaban J connectivity index is 1.51. The van der Waals surface area contributed by atoms with Gasteiger partial charge in [-0.1, -0.05) is 34.8 Å². The van der Waals surface area contributed by atoms with Gasteiger partial charge < -0.3 is 10.1 Å². The predicted octanol–water partition coefficient (Wildman–Crippen LogP) is 4.39. The highest BCUT2D eigenvalue weighted by Gasteiger charge is 2.36. The van der Waals surface area contributed by atoms with E-state index in [1.165, 1.54) is 18.2 Å². The van der Waals surface area contributed by atoms with Gasteiger partial charge in [-0.15, -0.1) is 0 Å². The molecule has 0 aliphatic carbocycles. The van der Waals surface area contributed by atoms with Gasteiger partial charge in [0.05, 0.1) is 27.5 Å². The van der Waals surface area contributed by atoms with E-state index in [4.69, 9.17) is 39.5 Å². The lowest BCUT2D eigenvalue weighted by atomic mass is 10.1. The molecule has 2 aromatic rings. The van der Waals surface area contributed by atoms with Crippen LogP contribution in [0.15, 0.2) is 34.8 Å². The summed E-state index contributed by atoms with van der Waals surface area (Å²) in [6.45, 7) is 1.11. The number of carbonyl (C=O) groups excluding carboxylic acids is 4. The van der Waals surface area contributed by atoms with E-state index in [-0.39, 0.29) is 28.6 Å². The van der Waals surface area contributed by atoms with Crippen LogP contribution in [0.5, 0.6) is 0 Å². The van der Waals surface area contributed by atoms with Gasteiger partial charge in [-0.25, -0.2) is 0 Å². The Labute approximate surface area is 212 Å². The first-order valence-electron chi connectivity index (χ1n) is 9.54. The third-order valence-corrected chi connectivity index (χ3v) is 6.95. The summed E-state index contributed by atoms with van der Waals surface area (Å²) >= 11 is 21.2. The number of ether oxygens (including phenoxy) is 1. The highest BCUT2D eigenvalue weighted by atomic mass is 79.9. The van der Waals surface area contributed by atoms with Crippen molar-refractivity contribution in [3.05, 3.63) is 61.0 Å². The molecule has 2 N–H and O–H groups in total. The van der Waals surface area contributed by atoms with Crippen molar-refractivity contribution >= 4 is 80.1 Å². The van der Waals surface area contributed by atoms with Crippen LogP contribution in [0, 0.1) is 12.8 Å². The molecule has 1 saturated heterocycles. The van der Waals surface area contributed by atoms with Gasteiger partial charge in [-0.3, -0.25) is 29.6 Å². The zero-order valence-corrected chi connectivity index (χ0v) is 20.9. The average molecular weight is 578 g/mol. The lowest BCUT2D eigenvalue weighted by Gasteiger charge is -2.17. The average Bonchev–Trinajstić information content (AvgIpc) is 3.14. The maximum absolute atomic E-state index is 12.4. The summed E-state index contributed by atoms with van der Waals surface area (Å²) in [4.78, 5) is 49.1. The number of nitrogens with zero attached hydrogens (tertiary/aromatic N) is 1. The number of hydrogen-bond acceptors (Lipinski definition) is 5. The highest BCUT2D eigenvalue weighted by Crippen LogP contribution is 2.31. The molecular formula is C21H17BrCl3N3O5. The Kier molecular flexibility index (Phi) is 8.23. The van der Waals surface area contributed by atoms with Crippen molar-refractivity contribution in [2.75, 3.05) is 18.5 Å². The molecule has 12 heteroatoms. The zero-order chi connectivity index (χ0) is 24.3. The molecule has 2 aromatic carbocycles. The number of benzene rings is 2. The van der Waals surface area contributed by atoms with Crippen molar-refractivity contribution < 1.29 is 23.9 Å². The second-order valence-corrected chi connectivity index (χ2v) is 9.21. The van der Waals surface area contributed by atoms with Crippen molar-refractivity contribution in [1.29, 1.82) is 0 Å². The van der Waals surface area contributed by atoms with Crippen molar-refractivity contribution in [3.63, 3.8) is 0 Å². The lowest BCUT2D eigenvalue weighted by Crippen LogP contribution is -2.43. The lowest BCUT2D eigenvalue weighted by molar-refractivity contribution is -0.151. The molecule has 174 valence electrons. The fourth-order valence-electron chi connectivity index (χ4n) is 3.03. The summed E-state index contributed by atoms with van der Waals surface area (Å²) in [7, 11) is 0. The molecule has 33 heavy (non-hydrogen) atoms. The quantitative estimate of drug-likeness (QED) is 0.496. The van der Waals surface area contributed by atoms with Crippen molar-refractivity contribution in [2.24, 2.45) is 5.92 Å². The van der Waals surface area contributed by atoms with E-state index in [9.17, 15) is 19.2 Å². The SMILES string of the molecule is Cc1c(NC(=O)COC(=O)[C@@H]2CC(=O)N(NC(=O)c3ccc(Cl)c(Cl)c3)C2)ccc(Br)c1Cl. The van der Waals surface area contributed by atoms with Gasteiger partial charge >= 0.3 is 5.97 Å². The summed E-state index contributed by atoms with van der Waals surface area (Å²) < 4.78 is 5.74. The maximum Gasteiger partial charge on any atom is 0.311 e. The Morgan fingerprint density at radius 3 is 2.58 bits per heavy atom. The molecule has 0 saturated carbocycles. The molecule has 1 fully saturated rings. The first-order chi connectivity index (χ1) is 15.6. The molecule has 0 aromatic heterocycles. The largest absolute Gasteiger partial charge is 0.455 e. The van der Waals surface area contributed by atoms with Gasteiger partial charge in [0, 0.05) is 22.1 Å². The first-order valence-corrected chi connectivity index (χ1v) is 11.5. The van der Waals surface area contributed by atoms with Crippen LogP contribution in [0.4, 0.5) is 5.69 Å². The van der Waals surface area contributed by atoms with E-state index in [1.807, 2.05) is 0 Å². The molecule has 3 rings (SSSR count). The van der Waals surface area contributed by atoms with Crippen LogP contribution < -0.4 is 10.7 Å². The van der Waals surface area contributed by atoms with Gasteiger partial charge in [-0.05, 0) is 58.7 Å². The molecule has 1 heterocycles. The number of anilines is 1. The van der Waals surface area contributed by atoms with Gasteiger partial charge in [0.2, 0.25) is 5.91 Å². The molecule has 0 unspecified atom stereocenters. The van der Waals surface area contributed by atoms with E-state index < -0.39 is 36.2 Å². The molecule has 0 spiro atoms. The van der Waals surface area contributed by atoms with Gasteiger partial charge in [0.15, 0.2) is 6.61 Å². The van der Waals surface area contributed by atoms with E-state index in [0.717, 1.165) is 5.01 Å². The minimum absolute atomic E-state index is 0.0895. The van der Waals surface area contributed by atoms with Crippen LogP contribution in [-0.4, -0.2) is 41.9 Å². The molecule has 3 amide bonds. The van der Waals surface area contributed by atoms with E-state index >= 15 is 0 Å².